The third-order valence-electron chi connectivity index (χ3n) is 3.98. The number of para-hydroxylation sites is 1. The molecule has 0 bridgehead atoms. The first-order chi connectivity index (χ1) is 13.4. The van der Waals surface area contributed by atoms with Crippen LogP contribution in [0.25, 0.3) is 0 Å². The largest absolute Gasteiger partial charge is 0.481 e. The summed E-state index contributed by atoms with van der Waals surface area (Å²) in [6.45, 7) is 3.54. The third kappa shape index (κ3) is 5.18. The number of rotatable bonds is 6. The summed E-state index contributed by atoms with van der Waals surface area (Å²) in [5.41, 5.74) is 1.34. The van der Waals surface area contributed by atoms with Gasteiger partial charge in [-0.2, -0.15) is 0 Å². The van der Waals surface area contributed by atoms with Gasteiger partial charge in [0.05, 0.1) is 5.69 Å². The van der Waals surface area contributed by atoms with E-state index in [-0.39, 0.29) is 5.91 Å². The van der Waals surface area contributed by atoms with Crippen LogP contribution in [0.2, 0.25) is 10.0 Å². The summed E-state index contributed by atoms with van der Waals surface area (Å²) < 4.78 is 11.6. The maximum Gasteiger partial charge on any atom is 0.265 e. The van der Waals surface area contributed by atoms with E-state index in [1.54, 1.807) is 43.3 Å². The Morgan fingerprint density at radius 1 is 0.964 bits per heavy atom. The highest BCUT2D eigenvalue weighted by Crippen LogP contribution is 2.32. The van der Waals surface area contributed by atoms with E-state index in [1.165, 1.54) is 0 Å². The Kier molecular flexibility index (Phi) is 6.45. The van der Waals surface area contributed by atoms with Crippen molar-refractivity contribution in [2.45, 2.75) is 20.0 Å². The van der Waals surface area contributed by atoms with Crippen molar-refractivity contribution in [3.8, 4) is 17.2 Å². The van der Waals surface area contributed by atoms with Gasteiger partial charge in [0.2, 0.25) is 0 Å². The average Bonchev–Trinajstić information content (AvgIpc) is 2.67. The fraction of sp³-hybridized carbons (Fsp3) is 0.136. The number of hydrogen-bond donors (Lipinski definition) is 1. The van der Waals surface area contributed by atoms with Crippen LogP contribution in [0, 0.1) is 6.92 Å². The average molecular weight is 416 g/mol. The topological polar surface area (TPSA) is 47.6 Å². The Morgan fingerprint density at radius 2 is 1.71 bits per heavy atom. The van der Waals surface area contributed by atoms with E-state index in [4.69, 9.17) is 32.7 Å². The van der Waals surface area contributed by atoms with E-state index in [2.05, 4.69) is 5.32 Å². The molecule has 3 aromatic rings. The SMILES string of the molecule is Cc1cc(O[C@@H](C)C(=O)Nc2cc(Cl)ccc2Oc2ccccc2)ccc1Cl. The molecule has 3 rings (SSSR count). The molecule has 0 unspecified atom stereocenters. The first-order valence-electron chi connectivity index (χ1n) is 8.68. The van der Waals surface area contributed by atoms with Gasteiger partial charge in [-0.05, 0) is 67.9 Å². The first kappa shape index (κ1) is 20.1. The van der Waals surface area contributed by atoms with Crippen LogP contribution in [-0.4, -0.2) is 12.0 Å². The number of carbonyl (C=O) groups excluding carboxylic acids is 1. The highest BCUT2D eigenvalue weighted by atomic mass is 35.5. The number of anilines is 1. The van der Waals surface area contributed by atoms with Gasteiger partial charge in [-0.25, -0.2) is 0 Å². The molecule has 4 nitrogen and oxygen atoms in total. The lowest BCUT2D eigenvalue weighted by Gasteiger charge is -2.17. The molecule has 6 heteroatoms. The van der Waals surface area contributed by atoms with E-state index < -0.39 is 6.10 Å². The zero-order chi connectivity index (χ0) is 20.1. The van der Waals surface area contributed by atoms with E-state index in [1.807, 2.05) is 37.3 Å². The Labute approximate surface area is 174 Å². The van der Waals surface area contributed by atoms with Crippen LogP contribution < -0.4 is 14.8 Å². The third-order valence-corrected chi connectivity index (χ3v) is 4.64. The fourth-order valence-corrected chi connectivity index (χ4v) is 2.78. The Balaban J connectivity index is 1.73. The smallest absolute Gasteiger partial charge is 0.265 e. The van der Waals surface area contributed by atoms with Crippen molar-refractivity contribution < 1.29 is 14.3 Å². The molecule has 0 heterocycles. The predicted molar refractivity (Wildman–Crippen MR) is 113 cm³/mol. The second kappa shape index (κ2) is 9.00. The lowest BCUT2D eigenvalue weighted by Crippen LogP contribution is -2.30. The number of carbonyl (C=O) groups is 1. The van der Waals surface area contributed by atoms with Gasteiger partial charge in [-0.3, -0.25) is 4.79 Å². The van der Waals surface area contributed by atoms with Crippen LogP contribution in [0.1, 0.15) is 12.5 Å². The number of aryl methyl sites for hydroxylation is 1. The van der Waals surface area contributed by atoms with Crippen LogP contribution in [-0.2, 0) is 4.79 Å². The number of amides is 1. The normalized spacial score (nSPS) is 11.6. The van der Waals surface area contributed by atoms with Crippen molar-refractivity contribution in [3.05, 3.63) is 82.3 Å². The fourth-order valence-electron chi connectivity index (χ4n) is 2.49. The van der Waals surface area contributed by atoms with Crippen molar-refractivity contribution in [2.24, 2.45) is 0 Å². The Bertz CT molecular complexity index is 977. The Hall–Kier alpha value is -2.69. The highest BCUT2D eigenvalue weighted by molar-refractivity contribution is 6.31. The predicted octanol–water partition coefficient (Wildman–Crippen LogP) is 6.50. The number of nitrogens with one attached hydrogen (secondary N) is 1. The second-order valence-corrected chi connectivity index (χ2v) is 7.06. The second-order valence-electron chi connectivity index (χ2n) is 6.22. The summed E-state index contributed by atoms with van der Waals surface area (Å²) in [5.74, 6) is 1.38. The lowest BCUT2D eigenvalue weighted by atomic mass is 10.2. The molecule has 0 radical (unpaired) electrons. The summed E-state index contributed by atoms with van der Waals surface area (Å²) in [7, 11) is 0. The van der Waals surface area contributed by atoms with E-state index >= 15 is 0 Å². The van der Waals surface area contributed by atoms with Gasteiger partial charge in [0.15, 0.2) is 11.9 Å². The summed E-state index contributed by atoms with van der Waals surface area (Å²) in [6, 6.07) is 19.6. The van der Waals surface area contributed by atoms with Crippen LogP contribution >= 0.6 is 23.2 Å². The molecular formula is C22H19Cl2NO3. The Morgan fingerprint density at radius 3 is 2.43 bits per heavy atom. The van der Waals surface area contributed by atoms with Crippen molar-refractivity contribution >= 4 is 34.8 Å². The summed E-state index contributed by atoms with van der Waals surface area (Å²) in [6.07, 6.45) is -0.732. The minimum atomic E-state index is -0.732. The molecule has 1 atom stereocenters. The van der Waals surface area contributed by atoms with E-state index in [0.717, 1.165) is 5.56 Å². The van der Waals surface area contributed by atoms with E-state index in [0.29, 0.717) is 33.0 Å². The minimum Gasteiger partial charge on any atom is -0.481 e. The standard InChI is InChI=1S/C22H19Cl2NO3/c1-14-12-18(9-10-19(14)24)27-15(2)22(26)25-20-13-16(23)8-11-21(20)28-17-6-4-3-5-7-17/h3-13,15H,1-2H3,(H,25,26)/t15-/m0/s1. The minimum absolute atomic E-state index is 0.326. The summed E-state index contributed by atoms with van der Waals surface area (Å²) in [4.78, 5) is 12.6. The molecule has 0 aromatic heterocycles. The molecule has 28 heavy (non-hydrogen) atoms. The molecule has 0 aliphatic heterocycles. The van der Waals surface area contributed by atoms with Crippen LogP contribution in [0.4, 0.5) is 5.69 Å². The van der Waals surface area contributed by atoms with Crippen LogP contribution in [0.15, 0.2) is 66.7 Å². The van der Waals surface area contributed by atoms with Crippen molar-refractivity contribution in [1.82, 2.24) is 0 Å². The number of hydrogen-bond acceptors (Lipinski definition) is 3. The molecule has 144 valence electrons. The molecule has 1 N–H and O–H groups in total. The number of benzene rings is 3. The highest BCUT2D eigenvalue weighted by Gasteiger charge is 2.18. The van der Waals surface area contributed by atoms with Crippen LogP contribution in [0.3, 0.4) is 0 Å². The zero-order valence-electron chi connectivity index (χ0n) is 15.4. The quantitative estimate of drug-likeness (QED) is 0.499. The maximum absolute atomic E-state index is 12.6. The van der Waals surface area contributed by atoms with Crippen LogP contribution in [0.5, 0.6) is 17.2 Å². The summed E-state index contributed by atoms with van der Waals surface area (Å²) >= 11 is 12.1. The maximum atomic E-state index is 12.6. The zero-order valence-corrected chi connectivity index (χ0v) is 16.9. The van der Waals surface area contributed by atoms with Gasteiger partial charge >= 0.3 is 0 Å². The molecule has 3 aromatic carbocycles. The van der Waals surface area contributed by atoms with Gasteiger partial charge in [0.25, 0.3) is 5.91 Å². The van der Waals surface area contributed by atoms with E-state index in [9.17, 15) is 4.79 Å². The molecule has 0 saturated carbocycles. The first-order valence-corrected chi connectivity index (χ1v) is 9.44. The van der Waals surface area contributed by atoms with Gasteiger partial charge in [0, 0.05) is 10.0 Å². The van der Waals surface area contributed by atoms with Crippen molar-refractivity contribution in [2.75, 3.05) is 5.32 Å². The monoisotopic (exact) mass is 415 g/mol. The van der Waals surface area contributed by atoms with Gasteiger partial charge in [0.1, 0.15) is 11.5 Å². The molecule has 0 aliphatic rings. The number of ether oxygens (including phenoxy) is 2. The molecule has 1 amide bonds. The molecule has 0 saturated heterocycles. The molecular weight excluding hydrogens is 397 g/mol. The molecule has 0 fully saturated rings. The summed E-state index contributed by atoms with van der Waals surface area (Å²) in [5, 5.41) is 3.95. The van der Waals surface area contributed by atoms with Gasteiger partial charge in [-0.1, -0.05) is 41.4 Å². The van der Waals surface area contributed by atoms with Crippen molar-refractivity contribution in [1.29, 1.82) is 0 Å². The number of halogens is 2. The van der Waals surface area contributed by atoms with Gasteiger partial charge in [-0.15, -0.1) is 0 Å². The lowest BCUT2D eigenvalue weighted by molar-refractivity contribution is -0.122. The van der Waals surface area contributed by atoms with Gasteiger partial charge < -0.3 is 14.8 Å². The molecule has 0 spiro atoms. The van der Waals surface area contributed by atoms with Crippen molar-refractivity contribution in [3.63, 3.8) is 0 Å². The molecule has 0 aliphatic carbocycles.